The highest BCUT2D eigenvalue weighted by Gasteiger charge is 2.40. The van der Waals surface area contributed by atoms with Gasteiger partial charge in [0.1, 0.15) is 5.70 Å². The van der Waals surface area contributed by atoms with Gasteiger partial charge in [0.25, 0.3) is 11.8 Å². The SMILES string of the molecule is Cc1ccc(N2C(=O)C(Nc3cccc(C)c3C)=C(c3ccccc3)C2=O)cc1Cl. The molecule has 0 aliphatic carbocycles. The first-order chi connectivity index (χ1) is 14.4. The molecule has 3 aromatic rings. The first-order valence-electron chi connectivity index (χ1n) is 9.66. The predicted molar refractivity (Wildman–Crippen MR) is 122 cm³/mol. The molecule has 4 rings (SSSR count). The number of carbonyl (C=O) groups is 2. The van der Waals surface area contributed by atoms with Gasteiger partial charge in [-0.2, -0.15) is 0 Å². The van der Waals surface area contributed by atoms with Gasteiger partial charge in [-0.1, -0.05) is 60.1 Å². The fourth-order valence-electron chi connectivity index (χ4n) is 3.49. The summed E-state index contributed by atoms with van der Waals surface area (Å²) < 4.78 is 0. The van der Waals surface area contributed by atoms with Crippen LogP contribution in [-0.2, 0) is 9.59 Å². The lowest BCUT2D eigenvalue weighted by atomic mass is 10.0. The Morgan fingerprint density at radius 1 is 0.800 bits per heavy atom. The lowest BCUT2D eigenvalue weighted by Crippen LogP contribution is -2.32. The summed E-state index contributed by atoms with van der Waals surface area (Å²) in [4.78, 5) is 28.0. The van der Waals surface area contributed by atoms with Gasteiger partial charge in [0.05, 0.1) is 11.3 Å². The van der Waals surface area contributed by atoms with Crippen LogP contribution < -0.4 is 10.2 Å². The van der Waals surface area contributed by atoms with Crippen molar-refractivity contribution < 1.29 is 9.59 Å². The fourth-order valence-corrected chi connectivity index (χ4v) is 3.67. The summed E-state index contributed by atoms with van der Waals surface area (Å²) in [6.07, 6.45) is 0. The molecule has 0 spiro atoms. The van der Waals surface area contributed by atoms with Gasteiger partial charge in [0.2, 0.25) is 0 Å². The van der Waals surface area contributed by atoms with E-state index in [1.807, 2.05) is 69.3 Å². The van der Waals surface area contributed by atoms with Crippen molar-refractivity contribution in [1.29, 1.82) is 0 Å². The van der Waals surface area contributed by atoms with E-state index in [-0.39, 0.29) is 11.6 Å². The minimum absolute atomic E-state index is 0.261. The van der Waals surface area contributed by atoms with E-state index in [2.05, 4.69) is 5.32 Å². The molecule has 4 nitrogen and oxygen atoms in total. The van der Waals surface area contributed by atoms with Crippen LogP contribution in [0.2, 0.25) is 5.02 Å². The predicted octanol–water partition coefficient (Wildman–Crippen LogP) is 5.66. The summed E-state index contributed by atoms with van der Waals surface area (Å²) in [7, 11) is 0. The summed E-state index contributed by atoms with van der Waals surface area (Å²) in [5.41, 5.74) is 5.54. The number of anilines is 2. The van der Waals surface area contributed by atoms with Crippen LogP contribution >= 0.6 is 11.6 Å². The molecule has 3 aromatic carbocycles. The number of nitrogens with zero attached hydrogens (tertiary/aromatic N) is 1. The van der Waals surface area contributed by atoms with Crippen LogP contribution in [0, 0.1) is 20.8 Å². The Balaban J connectivity index is 1.85. The lowest BCUT2D eigenvalue weighted by Gasteiger charge is -2.17. The fraction of sp³-hybridized carbons (Fsp3) is 0.120. The zero-order valence-electron chi connectivity index (χ0n) is 17.0. The number of hydrogen-bond donors (Lipinski definition) is 1. The van der Waals surface area contributed by atoms with Crippen LogP contribution in [0.5, 0.6) is 0 Å². The summed E-state index contributed by atoms with van der Waals surface area (Å²) in [5.74, 6) is -0.779. The van der Waals surface area contributed by atoms with Gasteiger partial charge in [-0.3, -0.25) is 9.59 Å². The molecular weight excluding hydrogens is 396 g/mol. The third-order valence-electron chi connectivity index (χ3n) is 5.42. The van der Waals surface area contributed by atoms with Crippen LogP contribution in [0.25, 0.3) is 5.57 Å². The van der Waals surface area contributed by atoms with Crippen LogP contribution in [-0.4, -0.2) is 11.8 Å². The first kappa shape index (κ1) is 19.9. The molecular formula is C25H21ClN2O2. The van der Waals surface area contributed by atoms with Crippen molar-refractivity contribution in [3.63, 3.8) is 0 Å². The minimum atomic E-state index is -0.403. The Labute approximate surface area is 180 Å². The smallest absolute Gasteiger partial charge is 0.282 e. The Morgan fingerprint density at radius 3 is 2.23 bits per heavy atom. The van der Waals surface area contributed by atoms with Crippen molar-refractivity contribution >= 4 is 40.4 Å². The van der Waals surface area contributed by atoms with Gasteiger partial charge in [-0.25, -0.2) is 4.90 Å². The summed E-state index contributed by atoms with van der Waals surface area (Å²) >= 11 is 6.27. The van der Waals surface area contributed by atoms with E-state index in [1.165, 1.54) is 4.90 Å². The molecule has 150 valence electrons. The molecule has 0 aromatic heterocycles. The van der Waals surface area contributed by atoms with Crippen LogP contribution in [0.15, 0.2) is 72.4 Å². The second-order valence-electron chi connectivity index (χ2n) is 7.37. The molecule has 1 aliphatic heterocycles. The first-order valence-corrected chi connectivity index (χ1v) is 10.0. The maximum absolute atomic E-state index is 13.4. The van der Waals surface area contributed by atoms with Crippen molar-refractivity contribution in [1.82, 2.24) is 0 Å². The number of carbonyl (C=O) groups excluding carboxylic acids is 2. The molecule has 5 heteroatoms. The maximum Gasteiger partial charge on any atom is 0.282 e. The molecule has 0 saturated heterocycles. The lowest BCUT2D eigenvalue weighted by molar-refractivity contribution is -0.120. The number of nitrogens with one attached hydrogen (secondary N) is 1. The molecule has 1 aliphatic rings. The van der Waals surface area contributed by atoms with Gasteiger partial charge in [0, 0.05) is 10.7 Å². The van der Waals surface area contributed by atoms with Crippen molar-refractivity contribution in [2.24, 2.45) is 0 Å². The number of halogens is 1. The van der Waals surface area contributed by atoms with E-state index in [4.69, 9.17) is 11.6 Å². The maximum atomic E-state index is 13.4. The zero-order valence-corrected chi connectivity index (χ0v) is 17.7. The highest BCUT2D eigenvalue weighted by molar-refractivity contribution is 6.46. The van der Waals surface area contributed by atoms with Crippen LogP contribution in [0.1, 0.15) is 22.3 Å². The zero-order chi connectivity index (χ0) is 21.4. The van der Waals surface area contributed by atoms with Crippen molar-refractivity contribution in [3.8, 4) is 0 Å². The van der Waals surface area contributed by atoms with E-state index in [0.717, 1.165) is 22.4 Å². The Bertz CT molecular complexity index is 1200. The topological polar surface area (TPSA) is 49.4 Å². The van der Waals surface area contributed by atoms with E-state index < -0.39 is 5.91 Å². The van der Waals surface area contributed by atoms with E-state index in [9.17, 15) is 9.59 Å². The highest BCUT2D eigenvalue weighted by Crippen LogP contribution is 2.35. The normalized spacial score (nSPS) is 13.9. The van der Waals surface area contributed by atoms with E-state index >= 15 is 0 Å². The molecule has 0 saturated carbocycles. The summed E-state index contributed by atoms with van der Waals surface area (Å²) in [6, 6.07) is 20.3. The molecule has 2 amide bonds. The Morgan fingerprint density at radius 2 is 1.53 bits per heavy atom. The van der Waals surface area contributed by atoms with Gasteiger partial charge in [-0.15, -0.1) is 0 Å². The standard InChI is InChI=1S/C25H21ClN2O2/c1-15-8-7-11-21(17(15)3)27-23-22(18-9-5-4-6-10-18)24(29)28(25(23)30)19-13-12-16(2)20(26)14-19/h4-14,27H,1-3H3. The van der Waals surface area contributed by atoms with Crippen molar-refractivity contribution in [3.05, 3.63) is 99.7 Å². The van der Waals surface area contributed by atoms with Gasteiger partial charge in [-0.05, 0) is 61.2 Å². The number of hydrogen-bond acceptors (Lipinski definition) is 3. The number of amides is 2. The average Bonchev–Trinajstić information content (AvgIpc) is 2.98. The third kappa shape index (κ3) is 3.40. The summed E-state index contributed by atoms with van der Waals surface area (Å²) in [6.45, 7) is 5.87. The molecule has 0 atom stereocenters. The quantitative estimate of drug-likeness (QED) is 0.558. The molecule has 1 heterocycles. The molecule has 1 N–H and O–H groups in total. The molecule has 0 fully saturated rings. The average molecular weight is 417 g/mol. The largest absolute Gasteiger partial charge is 0.350 e. The van der Waals surface area contributed by atoms with Crippen LogP contribution in [0.3, 0.4) is 0 Å². The van der Waals surface area contributed by atoms with E-state index in [1.54, 1.807) is 18.2 Å². The molecule has 0 bridgehead atoms. The van der Waals surface area contributed by atoms with Gasteiger partial charge >= 0.3 is 0 Å². The number of aryl methyl sites for hydroxylation is 2. The Kier molecular flexibility index (Phi) is 5.18. The van der Waals surface area contributed by atoms with Crippen molar-refractivity contribution in [2.45, 2.75) is 20.8 Å². The Hall–Kier alpha value is -3.37. The molecule has 0 radical (unpaired) electrons. The van der Waals surface area contributed by atoms with E-state index in [0.29, 0.717) is 21.8 Å². The highest BCUT2D eigenvalue weighted by atomic mass is 35.5. The monoisotopic (exact) mass is 416 g/mol. The number of benzene rings is 3. The molecule has 30 heavy (non-hydrogen) atoms. The summed E-state index contributed by atoms with van der Waals surface area (Å²) in [5, 5.41) is 3.74. The second kappa shape index (κ2) is 7.81. The minimum Gasteiger partial charge on any atom is -0.350 e. The second-order valence-corrected chi connectivity index (χ2v) is 7.77. The number of imide groups is 1. The molecule has 0 unspecified atom stereocenters. The van der Waals surface area contributed by atoms with Crippen LogP contribution in [0.4, 0.5) is 11.4 Å². The van der Waals surface area contributed by atoms with Crippen molar-refractivity contribution in [2.75, 3.05) is 10.2 Å². The number of rotatable bonds is 4. The van der Waals surface area contributed by atoms with Gasteiger partial charge < -0.3 is 5.32 Å². The van der Waals surface area contributed by atoms with Gasteiger partial charge in [0.15, 0.2) is 0 Å². The third-order valence-corrected chi connectivity index (χ3v) is 5.83.